The molecule has 0 aromatic rings. The largest absolute Gasteiger partial charge is 0.573 e. The molecule has 0 amide bonds. The quantitative estimate of drug-likeness (QED) is 0.331. The first-order chi connectivity index (χ1) is 12.0. The lowest BCUT2D eigenvalue weighted by Crippen LogP contribution is -2.50. The first-order valence-electron chi connectivity index (χ1n) is 8.39. The molecule has 0 aliphatic heterocycles. The van der Waals surface area contributed by atoms with Gasteiger partial charge in [-0.05, 0) is 25.0 Å². The van der Waals surface area contributed by atoms with Crippen molar-refractivity contribution in [3.05, 3.63) is 22.9 Å². The minimum absolute atomic E-state index is 0.507. The molecule has 0 N–H and O–H groups in total. The van der Waals surface area contributed by atoms with Crippen LogP contribution in [0.5, 0.6) is 0 Å². The summed E-state index contributed by atoms with van der Waals surface area (Å²) in [5, 5.41) is 1.01. The molecular formula is C16H34O7Si2. The second kappa shape index (κ2) is 12.8. The van der Waals surface area contributed by atoms with Crippen molar-refractivity contribution < 1.29 is 31.3 Å². The molecule has 7 nitrogen and oxygen atoms in total. The normalized spacial score (nSPS) is 14.1. The van der Waals surface area contributed by atoms with E-state index < -0.39 is 17.6 Å². The monoisotopic (exact) mass is 394 g/mol. The summed E-state index contributed by atoms with van der Waals surface area (Å²) in [5.74, 6) is 0. The van der Waals surface area contributed by atoms with E-state index in [1.807, 2.05) is 12.2 Å². The topological polar surface area (TPSA) is 64.6 Å². The molecule has 0 saturated carbocycles. The Hall–Kier alpha value is -0.526. The predicted octanol–water partition coefficient (Wildman–Crippen LogP) is 3.21. The van der Waals surface area contributed by atoms with Gasteiger partial charge in [0, 0.05) is 42.7 Å². The van der Waals surface area contributed by atoms with E-state index >= 15 is 0 Å². The van der Waals surface area contributed by atoms with Gasteiger partial charge in [-0.1, -0.05) is 26.7 Å². The molecule has 25 heavy (non-hydrogen) atoms. The van der Waals surface area contributed by atoms with Crippen LogP contribution in [0.15, 0.2) is 22.9 Å². The van der Waals surface area contributed by atoms with Gasteiger partial charge in [-0.3, -0.25) is 0 Å². The molecular weight excluding hydrogens is 360 g/mol. The minimum atomic E-state index is -3.15. The van der Waals surface area contributed by atoms with Gasteiger partial charge < -0.3 is 31.3 Å². The highest BCUT2D eigenvalue weighted by molar-refractivity contribution is 6.70. The molecule has 9 heteroatoms. The third-order valence-corrected chi connectivity index (χ3v) is 8.72. The highest BCUT2D eigenvalue weighted by Gasteiger charge is 2.51. The van der Waals surface area contributed by atoms with Crippen molar-refractivity contribution in [3.63, 3.8) is 0 Å². The SMILES string of the molecule is CCC/C=C(\O/C(=C\CCC)[Si](OC)(OC)OC)[Si](OC)(OC)OC. The van der Waals surface area contributed by atoms with Crippen LogP contribution in [0.2, 0.25) is 0 Å². The number of allylic oxidation sites excluding steroid dienone is 2. The van der Waals surface area contributed by atoms with Gasteiger partial charge in [-0.2, -0.15) is 0 Å². The molecule has 0 atom stereocenters. The van der Waals surface area contributed by atoms with Crippen molar-refractivity contribution in [2.75, 3.05) is 42.7 Å². The molecule has 0 spiro atoms. The third-order valence-electron chi connectivity index (χ3n) is 3.67. The van der Waals surface area contributed by atoms with Crippen LogP contribution in [0, 0.1) is 0 Å². The van der Waals surface area contributed by atoms with Crippen LogP contribution in [-0.4, -0.2) is 60.3 Å². The molecule has 0 fully saturated rings. The van der Waals surface area contributed by atoms with E-state index in [2.05, 4.69) is 13.8 Å². The van der Waals surface area contributed by atoms with Gasteiger partial charge in [-0.15, -0.1) is 0 Å². The summed E-state index contributed by atoms with van der Waals surface area (Å²) in [4.78, 5) is 0. The van der Waals surface area contributed by atoms with Gasteiger partial charge in [0.05, 0.1) is 0 Å². The second-order valence-corrected chi connectivity index (χ2v) is 10.8. The van der Waals surface area contributed by atoms with Crippen molar-refractivity contribution in [1.82, 2.24) is 0 Å². The first-order valence-corrected chi connectivity index (χ1v) is 11.8. The van der Waals surface area contributed by atoms with Crippen molar-refractivity contribution in [2.24, 2.45) is 0 Å². The Labute approximate surface area is 154 Å². The Morgan fingerprint density at radius 2 is 0.880 bits per heavy atom. The Kier molecular flexibility index (Phi) is 12.5. The third kappa shape index (κ3) is 6.29. The molecule has 0 unspecified atom stereocenters. The van der Waals surface area contributed by atoms with Gasteiger partial charge in [0.15, 0.2) is 10.8 Å². The zero-order chi connectivity index (χ0) is 19.3. The molecule has 148 valence electrons. The van der Waals surface area contributed by atoms with Crippen molar-refractivity contribution in [2.45, 2.75) is 39.5 Å². The average molecular weight is 395 g/mol. The highest BCUT2D eigenvalue weighted by Crippen LogP contribution is 2.28. The molecule has 0 aromatic heterocycles. The van der Waals surface area contributed by atoms with Crippen molar-refractivity contribution >= 4 is 17.6 Å². The Balaban J connectivity index is 6.00. The molecule has 0 aromatic carbocycles. The van der Waals surface area contributed by atoms with Crippen LogP contribution < -0.4 is 0 Å². The zero-order valence-electron chi connectivity index (χ0n) is 16.8. The smallest absolute Gasteiger partial charge is 0.460 e. The predicted molar refractivity (Wildman–Crippen MR) is 101 cm³/mol. The number of ether oxygens (including phenoxy) is 1. The molecule has 0 aliphatic carbocycles. The Morgan fingerprint density at radius 1 is 0.600 bits per heavy atom. The van der Waals surface area contributed by atoms with Crippen molar-refractivity contribution in [1.29, 1.82) is 0 Å². The zero-order valence-corrected chi connectivity index (χ0v) is 18.8. The summed E-state index contributed by atoms with van der Waals surface area (Å²) < 4.78 is 39.7. The summed E-state index contributed by atoms with van der Waals surface area (Å²) in [6.07, 6.45) is 7.35. The number of unbranched alkanes of at least 4 members (excludes halogenated alkanes) is 2. The standard InChI is InChI=1S/C16H34O7Si2/c1-9-11-13-15(24(17-3,18-4)19-5)23-16(14-12-10-2)25(20-6,21-7)22-8/h13-14H,9-12H2,1-8H3/b15-13+,16-14+. The highest BCUT2D eigenvalue weighted by atomic mass is 28.4. The summed E-state index contributed by atoms with van der Waals surface area (Å²) >= 11 is 0. The maximum absolute atomic E-state index is 6.23. The Morgan fingerprint density at radius 3 is 1.08 bits per heavy atom. The molecule has 0 saturated heterocycles. The average Bonchev–Trinajstić information content (AvgIpc) is 2.66. The lowest BCUT2D eigenvalue weighted by Gasteiger charge is -2.31. The van der Waals surface area contributed by atoms with Crippen LogP contribution in [0.3, 0.4) is 0 Å². The van der Waals surface area contributed by atoms with E-state index in [9.17, 15) is 0 Å². The van der Waals surface area contributed by atoms with Crippen LogP contribution in [0.1, 0.15) is 39.5 Å². The van der Waals surface area contributed by atoms with Crippen LogP contribution in [0.4, 0.5) is 0 Å². The molecule has 0 radical (unpaired) electrons. The maximum Gasteiger partial charge on any atom is 0.573 e. The van der Waals surface area contributed by atoms with Crippen molar-refractivity contribution in [3.8, 4) is 0 Å². The van der Waals surface area contributed by atoms with E-state index in [-0.39, 0.29) is 0 Å². The van der Waals surface area contributed by atoms with Crippen LogP contribution >= 0.6 is 0 Å². The Bertz CT molecular complexity index is 364. The maximum atomic E-state index is 6.23. The van der Waals surface area contributed by atoms with Gasteiger partial charge in [0.25, 0.3) is 0 Å². The molecule has 0 heterocycles. The lowest BCUT2D eigenvalue weighted by atomic mass is 10.3. The minimum Gasteiger partial charge on any atom is -0.460 e. The summed E-state index contributed by atoms with van der Waals surface area (Å²) in [5.41, 5.74) is 0. The molecule has 0 bridgehead atoms. The van der Waals surface area contributed by atoms with Gasteiger partial charge in [0.1, 0.15) is 0 Å². The first kappa shape index (κ1) is 24.5. The molecule has 0 aliphatic rings. The summed E-state index contributed by atoms with van der Waals surface area (Å²) in [7, 11) is 2.98. The van der Waals surface area contributed by atoms with Gasteiger partial charge in [-0.25, -0.2) is 0 Å². The van der Waals surface area contributed by atoms with Gasteiger partial charge >= 0.3 is 17.6 Å². The number of hydrogen-bond acceptors (Lipinski definition) is 7. The summed E-state index contributed by atoms with van der Waals surface area (Å²) in [6.45, 7) is 4.16. The van der Waals surface area contributed by atoms with E-state index in [1.54, 1.807) is 42.7 Å². The van der Waals surface area contributed by atoms with E-state index in [1.165, 1.54) is 0 Å². The second-order valence-electron chi connectivity index (χ2n) is 5.15. The number of hydrogen-bond donors (Lipinski definition) is 0. The fourth-order valence-electron chi connectivity index (χ4n) is 2.23. The van der Waals surface area contributed by atoms with Crippen LogP contribution in [-0.2, 0) is 31.3 Å². The fourth-order valence-corrected chi connectivity index (χ4v) is 5.80. The van der Waals surface area contributed by atoms with E-state index in [4.69, 9.17) is 31.3 Å². The van der Waals surface area contributed by atoms with Crippen LogP contribution in [0.25, 0.3) is 0 Å². The summed E-state index contributed by atoms with van der Waals surface area (Å²) in [6, 6.07) is 0. The number of rotatable bonds is 14. The lowest BCUT2D eigenvalue weighted by molar-refractivity contribution is 0.0926. The van der Waals surface area contributed by atoms with E-state index in [0.717, 1.165) is 25.7 Å². The fraction of sp³-hybridized carbons (Fsp3) is 0.750. The van der Waals surface area contributed by atoms with E-state index in [0.29, 0.717) is 10.8 Å². The van der Waals surface area contributed by atoms with Gasteiger partial charge in [0.2, 0.25) is 0 Å². The molecule has 0 rings (SSSR count).